The van der Waals surface area contributed by atoms with Crippen molar-refractivity contribution >= 4 is 16.1 Å². The average Bonchev–Trinajstić information content (AvgIpc) is 3.08. The van der Waals surface area contributed by atoms with Gasteiger partial charge in [0, 0.05) is 26.2 Å². The van der Waals surface area contributed by atoms with Crippen molar-refractivity contribution in [2.75, 3.05) is 26.2 Å². The van der Waals surface area contributed by atoms with Crippen molar-refractivity contribution in [2.45, 2.75) is 43.6 Å². The maximum Gasteiger partial charge on any atom is 0.410 e. The van der Waals surface area contributed by atoms with Gasteiger partial charge in [-0.15, -0.1) is 0 Å². The third-order valence-electron chi connectivity index (χ3n) is 4.73. The van der Waals surface area contributed by atoms with Gasteiger partial charge < -0.3 is 9.64 Å². The summed E-state index contributed by atoms with van der Waals surface area (Å²) in [4.78, 5) is 14.1. The minimum atomic E-state index is -3.50. The first-order valence-electron chi connectivity index (χ1n) is 8.49. The van der Waals surface area contributed by atoms with Crippen molar-refractivity contribution in [3.63, 3.8) is 0 Å². The second-order valence-electron chi connectivity index (χ2n) is 6.49. The molecule has 1 aromatic rings. The summed E-state index contributed by atoms with van der Waals surface area (Å²) in [6.07, 6.45) is 3.82. The van der Waals surface area contributed by atoms with E-state index in [0.717, 1.165) is 31.2 Å². The Balaban J connectivity index is 1.57. The van der Waals surface area contributed by atoms with Gasteiger partial charge in [0.1, 0.15) is 6.10 Å². The number of piperazine rings is 1. The number of benzene rings is 1. The van der Waals surface area contributed by atoms with E-state index in [1.165, 1.54) is 4.31 Å². The summed E-state index contributed by atoms with van der Waals surface area (Å²) in [5.41, 5.74) is 1.02. The van der Waals surface area contributed by atoms with Crippen LogP contribution in [0.4, 0.5) is 4.79 Å². The van der Waals surface area contributed by atoms with E-state index >= 15 is 0 Å². The lowest BCUT2D eigenvalue weighted by atomic mass is 10.2. The van der Waals surface area contributed by atoms with Gasteiger partial charge in [-0.3, -0.25) is 0 Å². The molecule has 0 aromatic heterocycles. The van der Waals surface area contributed by atoms with Gasteiger partial charge >= 0.3 is 6.09 Å². The number of carbonyl (C=O) groups excluding carboxylic acids is 1. The van der Waals surface area contributed by atoms with Crippen LogP contribution in [0.15, 0.2) is 29.2 Å². The molecule has 2 fully saturated rings. The number of amides is 1. The average molecular weight is 352 g/mol. The van der Waals surface area contributed by atoms with Gasteiger partial charge in [0.05, 0.1) is 4.90 Å². The predicted molar refractivity (Wildman–Crippen MR) is 90.2 cm³/mol. The van der Waals surface area contributed by atoms with E-state index in [9.17, 15) is 13.2 Å². The number of rotatable bonds is 3. The molecule has 1 amide bonds. The first-order chi connectivity index (χ1) is 11.5. The Morgan fingerprint density at radius 2 is 1.62 bits per heavy atom. The van der Waals surface area contributed by atoms with Crippen molar-refractivity contribution < 1.29 is 17.9 Å². The highest BCUT2D eigenvalue weighted by molar-refractivity contribution is 7.89. The molecule has 132 valence electrons. The molecule has 1 saturated carbocycles. The Morgan fingerprint density at radius 1 is 1.04 bits per heavy atom. The molecule has 6 nitrogen and oxygen atoms in total. The predicted octanol–water partition coefficient (Wildman–Crippen LogP) is 2.38. The van der Waals surface area contributed by atoms with E-state index in [0.29, 0.717) is 31.1 Å². The molecule has 2 aliphatic rings. The first-order valence-corrected chi connectivity index (χ1v) is 9.93. The second-order valence-corrected chi connectivity index (χ2v) is 8.43. The number of aryl methyl sites for hydroxylation is 1. The van der Waals surface area contributed by atoms with Crippen LogP contribution in [-0.4, -0.2) is 56.0 Å². The number of sulfonamides is 1. The van der Waals surface area contributed by atoms with Crippen LogP contribution < -0.4 is 0 Å². The van der Waals surface area contributed by atoms with E-state index in [4.69, 9.17) is 4.74 Å². The third-order valence-corrected chi connectivity index (χ3v) is 6.64. The zero-order valence-corrected chi connectivity index (χ0v) is 14.8. The van der Waals surface area contributed by atoms with Crippen LogP contribution in [0.1, 0.15) is 31.2 Å². The molecule has 1 heterocycles. The molecule has 0 unspecified atom stereocenters. The normalized spacial score (nSPS) is 20.3. The van der Waals surface area contributed by atoms with Crippen LogP contribution in [0, 0.1) is 6.92 Å². The monoisotopic (exact) mass is 352 g/mol. The largest absolute Gasteiger partial charge is 0.446 e. The van der Waals surface area contributed by atoms with Gasteiger partial charge in [-0.2, -0.15) is 4.31 Å². The molecule has 0 atom stereocenters. The molecule has 0 spiro atoms. The van der Waals surface area contributed by atoms with E-state index in [2.05, 4.69) is 0 Å². The topological polar surface area (TPSA) is 66.9 Å². The summed E-state index contributed by atoms with van der Waals surface area (Å²) in [6, 6.07) is 6.85. The molecule has 1 aromatic carbocycles. The fourth-order valence-corrected chi connectivity index (χ4v) is 4.62. The minimum Gasteiger partial charge on any atom is -0.446 e. The molecule has 1 saturated heterocycles. The molecule has 0 radical (unpaired) electrons. The Bertz CT molecular complexity index is 673. The third kappa shape index (κ3) is 3.72. The van der Waals surface area contributed by atoms with E-state index < -0.39 is 10.0 Å². The number of hydrogen-bond acceptors (Lipinski definition) is 4. The van der Waals surface area contributed by atoms with Gasteiger partial charge in [0.15, 0.2) is 0 Å². The maximum absolute atomic E-state index is 12.6. The lowest BCUT2D eigenvalue weighted by Crippen LogP contribution is -2.51. The SMILES string of the molecule is Cc1ccc(S(=O)(=O)N2CCN(C(=O)OC3CCCC3)CC2)cc1. The van der Waals surface area contributed by atoms with Crippen LogP contribution in [0.25, 0.3) is 0 Å². The van der Waals surface area contributed by atoms with Gasteiger partial charge in [0.2, 0.25) is 10.0 Å². The molecule has 24 heavy (non-hydrogen) atoms. The second kappa shape index (κ2) is 7.11. The van der Waals surface area contributed by atoms with Crippen LogP contribution in [-0.2, 0) is 14.8 Å². The number of ether oxygens (including phenoxy) is 1. The summed E-state index contributed by atoms with van der Waals surface area (Å²) in [7, 11) is -3.50. The standard InChI is InChI=1S/C17H24N2O4S/c1-14-6-8-16(9-7-14)24(21,22)19-12-10-18(11-13-19)17(20)23-15-4-2-3-5-15/h6-9,15H,2-5,10-13H2,1H3. The van der Waals surface area contributed by atoms with Crippen LogP contribution in [0.5, 0.6) is 0 Å². The summed E-state index contributed by atoms with van der Waals surface area (Å²) >= 11 is 0. The molecular weight excluding hydrogens is 328 g/mol. The van der Waals surface area contributed by atoms with Crippen molar-refractivity contribution in [2.24, 2.45) is 0 Å². The van der Waals surface area contributed by atoms with Crippen molar-refractivity contribution in [3.05, 3.63) is 29.8 Å². The Labute approximate surface area is 143 Å². The zero-order chi connectivity index (χ0) is 17.2. The maximum atomic E-state index is 12.6. The fourth-order valence-electron chi connectivity index (χ4n) is 3.19. The van der Waals surface area contributed by atoms with Crippen LogP contribution in [0.2, 0.25) is 0 Å². The van der Waals surface area contributed by atoms with Gasteiger partial charge in [-0.25, -0.2) is 13.2 Å². The Kier molecular flexibility index (Phi) is 5.10. The van der Waals surface area contributed by atoms with E-state index in [1.54, 1.807) is 29.2 Å². The first kappa shape index (κ1) is 17.2. The lowest BCUT2D eigenvalue weighted by molar-refractivity contribution is 0.0565. The smallest absolute Gasteiger partial charge is 0.410 e. The summed E-state index contributed by atoms with van der Waals surface area (Å²) in [5, 5.41) is 0. The molecule has 1 aliphatic carbocycles. The van der Waals surface area contributed by atoms with Crippen molar-refractivity contribution in [1.29, 1.82) is 0 Å². The molecular formula is C17H24N2O4S. The zero-order valence-electron chi connectivity index (χ0n) is 14.0. The van der Waals surface area contributed by atoms with Crippen LogP contribution in [0.3, 0.4) is 0 Å². The van der Waals surface area contributed by atoms with Gasteiger partial charge in [0.25, 0.3) is 0 Å². The van der Waals surface area contributed by atoms with E-state index in [-0.39, 0.29) is 12.2 Å². The molecule has 1 aliphatic heterocycles. The van der Waals surface area contributed by atoms with Crippen molar-refractivity contribution in [1.82, 2.24) is 9.21 Å². The van der Waals surface area contributed by atoms with Crippen molar-refractivity contribution in [3.8, 4) is 0 Å². The molecule has 3 rings (SSSR count). The summed E-state index contributed by atoms with van der Waals surface area (Å²) in [5.74, 6) is 0. The van der Waals surface area contributed by atoms with E-state index in [1.807, 2.05) is 6.92 Å². The lowest BCUT2D eigenvalue weighted by Gasteiger charge is -2.33. The Hall–Kier alpha value is -1.60. The highest BCUT2D eigenvalue weighted by atomic mass is 32.2. The highest BCUT2D eigenvalue weighted by Crippen LogP contribution is 2.23. The Morgan fingerprint density at radius 3 is 2.21 bits per heavy atom. The van der Waals surface area contributed by atoms with Crippen LogP contribution >= 0.6 is 0 Å². The fraction of sp³-hybridized carbons (Fsp3) is 0.588. The molecule has 7 heteroatoms. The quantitative estimate of drug-likeness (QED) is 0.838. The summed E-state index contributed by atoms with van der Waals surface area (Å²) < 4.78 is 32.2. The summed E-state index contributed by atoms with van der Waals surface area (Å²) in [6.45, 7) is 3.27. The number of hydrogen-bond donors (Lipinski definition) is 0. The minimum absolute atomic E-state index is 0.0341. The van der Waals surface area contributed by atoms with Gasteiger partial charge in [-0.1, -0.05) is 17.7 Å². The molecule has 0 bridgehead atoms. The number of nitrogens with zero attached hydrogens (tertiary/aromatic N) is 2. The van der Waals surface area contributed by atoms with Gasteiger partial charge in [-0.05, 0) is 44.7 Å². The molecule has 0 N–H and O–H groups in total. The highest BCUT2D eigenvalue weighted by Gasteiger charge is 2.31. The number of carbonyl (C=O) groups is 1.